The number of hydrogen-bond acceptors (Lipinski definition) is 1. The van der Waals surface area contributed by atoms with Crippen LogP contribution in [0, 0.1) is 0 Å². The molecule has 0 unspecified atom stereocenters. The quantitative estimate of drug-likeness (QED) is 0.815. The van der Waals surface area contributed by atoms with Gasteiger partial charge in [-0.3, -0.25) is 4.79 Å². The molecule has 1 aromatic carbocycles. The first-order chi connectivity index (χ1) is 8.41. The number of halogens is 3. The lowest BCUT2D eigenvalue weighted by atomic mass is 9.95. The molecule has 0 aliphatic carbocycles. The van der Waals surface area contributed by atoms with E-state index in [9.17, 15) is 4.79 Å². The molecule has 0 bridgehead atoms. The van der Waals surface area contributed by atoms with E-state index in [-0.39, 0.29) is 22.7 Å². The highest BCUT2D eigenvalue weighted by atomic mass is 35.5. The summed E-state index contributed by atoms with van der Waals surface area (Å²) in [5, 5.41) is 0.597. The van der Waals surface area contributed by atoms with Crippen LogP contribution in [0.4, 0.5) is 0 Å². The van der Waals surface area contributed by atoms with E-state index in [1.807, 2.05) is 18.2 Å². The summed E-state index contributed by atoms with van der Waals surface area (Å²) < 4.78 is 0.131. The van der Waals surface area contributed by atoms with E-state index in [1.54, 1.807) is 26.2 Å². The minimum absolute atomic E-state index is 0.00856. The van der Waals surface area contributed by atoms with Gasteiger partial charge in [-0.2, -0.15) is 0 Å². The summed E-state index contributed by atoms with van der Waals surface area (Å²) in [6.07, 6.45) is 1.91. The molecule has 0 saturated heterocycles. The van der Waals surface area contributed by atoms with Crippen LogP contribution in [0.25, 0.3) is 0 Å². The predicted molar refractivity (Wildman–Crippen MR) is 77.3 cm³/mol. The Morgan fingerprint density at radius 3 is 2.44 bits per heavy atom. The molecule has 0 fully saturated rings. The highest BCUT2D eigenvalue weighted by Gasteiger charge is 2.17. The monoisotopic (exact) mass is 305 g/mol. The van der Waals surface area contributed by atoms with Crippen molar-refractivity contribution in [3.63, 3.8) is 0 Å². The zero-order chi connectivity index (χ0) is 13.7. The molecule has 0 spiro atoms. The fourth-order valence-corrected chi connectivity index (χ4v) is 2.14. The Kier molecular flexibility index (Phi) is 6.00. The van der Waals surface area contributed by atoms with Gasteiger partial charge in [0.15, 0.2) is 0 Å². The van der Waals surface area contributed by atoms with Crippen molar-refractivity contribution in [1.82, 2.24) is 4.90 Å². The summed E-state index contributed by atoms with van der Waals surface area (Å²) >= 11 is 17.5. The zero-order valence-electron chi connectivity index (χ0n) is 10.2. The van der Waals surface area contributed by atoms with E-state index in [1.165, 1.54) is 4.90 Å². The molecule has 5 heteroatoms. The maximum atomic E-state index is 11.8. The lowest BCUT2D eigenvalue weighted by Gasteiger charge is -2.17. The SMILES string of the molecule is CN(C)C(=O)C[C@@H](C=C(Cl)Cl)c1ccccc1Cl. The van der Waals surface area contributed by atoms with Crippen molar-refractivity contribution in [2.45, 2.75) is 12.3 Å². The number of carbonyl (C=O) groups excluding carboxylic acids is 1. The maximum Gasteiger partial charge on any atom is 0.222 e. The first-order valence-corrected chi connectivity index (χ1v) is 6.52. The lowest BCUT2D eigenvalue weighted by molar-refractivity contribution is -0.128. The van der Waals surface area contributed by atoms with Crippen LogP contribution in [0.2, 0.25) is 5.02 Å². The van der Waals surface area contributed by atoms with Crippen LogP contribution in [-0.2, 0) is 4.79 Å². The van der Waals surface area contributed by atoms with Crippen molar-refractivity contribution < 1.29 is 4.79 Å². The standard InChI is InChI=1S/C13H14Cl3NO/c1-17(2)13(18)8-9(7-12(15)16)10-5-3-4-6-11(10)14/h3-7,9H,8H2,1-2H3/t9-/m1/s1. The summed E-state index contributed by atoms with van der Waals surface area (Å²) in [5.74, 6) is -0.232. The van der Waals surface area contributed by atoms with Gasteiger partial charge in [0.25, 0.3) is 0 Å². The Morgan fingerprint density at radius 1 is 1.33 bits per heavy atom. The van der Waals surface area contributed by atoms with Crippen LogP contribution in [0.1, 0.15) is 17.9 Å². The molecule has 98 valence electrons. The first-order valence-electron chi connectivity index (χ1n) is 5.39. The Labute approximate surface area is 122 Å². The minimum atomic E-state index is -0.224. The maximum absolute atomic E-state index is 11.8. The third kappa shape index (κ3) is 4.52. The molecule has 1 amide bonds. The molecule has 0 saturated carbocycles. The van der Waals surface area contributed by atoms with Gasteiger partial charge in [0.2, 0.25) is 5.91 Å². The lowest BCUT2D eigenvalue weighted by Crippen LogP contribution is -2.23. The molecule has 0 aliphatic heterocycles. The molecular weight excluding hydrogens is 293 g/mol. The zero-order valence-corrected chi connectivity index (χ0v) is 12.4. The Balaban J connectivity index is 3.03. The topological polar surface area (TPSA) is 20.3 Å². The van der Waals surface area contributed by atoms with Crippen molar-refractivity contribution >= 4 is 40.7 Å². The van der Waals surface area contributed by atoms with Crippen molar-refractivity contribution in [2.75, 3.05) is 14.1 Å². The van der Waals surface area contributed by atoms with E-state index in [2.05, 4.69) is 0 Å². The second-order valence-corrected chi connectivity index (χ2v) is 5.49. The van der Waals surface area contributed by atoms with Gasteiger partial charge < -0.3 is 4.90 Å². The number of benzene rings is 1. The van der Waals surface area contributed by atoms with Crippen LogP contribution >= 0.6 is 34.8 Å². The highest BCUT2D eigenvalue weighted by molar-refractivity contribution is 6.55. The summed E-state index contributed by atoms with van der Waals surface area (Å²) in [4.78, 5) is 13.3. The molecule has 0 aliphatic rings. The van der Waals surface area contributed by atoms with Crippen LogP contribution < -0.4 is 0 Å². The van der Waals surface area contributed by atoms with E-state index >= 15 is 0 Å². The van der Waals surface area contributed by atoms with Crippen molar-refractivity contribution in [1.29, 1.82) is 0 Å². The van der Waals surface area contributed by atoms with Crippen LogP contribution in [0.3, 0.4) is 0 Å². The molecule has 1 atom stereocenters. The van der Waals surface area contributed by atoms with Gasteiger partial charge in [0.1, 0.15) is 4.49 Å². The minimum Gasteiger partial charge on any atom is -0.349 e. The van der Waals surface area contributed by atoms with Gasteiger partial charge in [0.05, 0.1) is 0 Å². The number of rotatable bonds is 4. The molecule has 0 heterocycles. The Hall–Kier alpha value is -0.700. The third-order valence-corrected chi connectivity index (χ3v) is 3.12. The van der Waals surface area contributed by atoms with Gasteiger partial charge in [-0.15, -0.1) is 0 Å². The van der Waals surface area contributed by atoms with Crippen LogP contribution in [0.15, 0.2) is 34.8 Å². The predicted octanol–water partition coefficient (Wildman–Crippen LogP) is 4.22. The molecule has 2 nitrogen and oxygen atoms in total. The summed E-state index contributed by atoms with van der Waals surface area (Å²) in [6, 6.07) is 7.34. The number of nitrogens with zero attached hydrogens (tertiary/aromatic N) is 1. The fourth-order valence-electron chi connectivity index (χ4n) is 1.56. The number of allylic oxidation sites excluding steroid dienone is 1. The van der Waals surface area contributed by atoms with E-state index in [0.29, 0.717) is 5.02 Å². The largest absolute Gasteiger partial charge is 0.349 e. The summed E-state index contributed by atoms with van der Waals surface area (Å²) in [7, 11) is 3.41. The third-order valence-electron chi connectivity index (χ3n) is 2.53. The average molecular weight is 307 g/mol. The van der Waals surface area contributed by atoms with Gasteiger partial charge >= 0.3 is 0 Å². The Morgan fingerprint density at radius 2 is 1.94 bits per heavy atom. The summed E-state index contributed by atoms with van der Waals surface area (Å²) in [5.41, 5.74) is 0.841. The molecule has 0 radical (unpaired) electrons. The summed E-state index contributed by atoms with van der Waals surface area (Å²) in [6.45, 7) is 0. The number of carbonyl (C=O) groups is 1. The van der Waals surface area contributed by atoms with Crippen molar-refractivity contribution in [2.24, 2.45) is 0 Å². The normalized spacial score (nSPS) is 11.8. The average Bonchev–Trinajstić information content (AvgIpc) is 2.28. The van der Waals surface area contributed by atoms with Gasteiger partial charge in [-0.25, -0.2) is 0 Å². The molecule has 18 heavy (non-hydrogen) atoms. The van der Waals surface area contributed by atoms with Crippen LogP contribution in [-0.4, -0.2) is 24.9 Å². The van der Waals surface area contributed by atoms with Crippen molar-refractivity contribution in [3.8, 4) is 0 Å². The van der Waals surface area contributed by atoms with E-state index in [4.69, 9.17) is 34.8 Å². The molecule has 1 aromatic rings. The van der Waals surface area contributed by atoms with Crippen molar-refractivity contribution in [3.05, 3.63) is 45.4 Å². The van der Waals surface area contributed by atoms with Gasteiger partial charge in [0, 0.05) is 31.5 Å². The second-order valence-electron chi connectivity index (χ2n) is 4.08. The Bertz CT molecular complexity index is 453. The molecule has 0 N–H and O–H groups in total. The van der Waals surface area contributed by atoms with E-state index in [0.717, 1.165) is 5.56 Å². The number of hydrogen-bond donors (Lipinski definition) is 0. The molecule has 1 rings (SSSR count). The van der Waals surface area contributed by atoms with Crippen LogP contribution in [0.5, 0.6) is 0 Å². The smallest absolute Gasteiger partial charge is 0.222 e. The molecular formula is C13H14Cl3NO. The number of amides is 1. The van der Waals surface area contributed by atoms with Gasteiger partial charge in [-0.05, 0) is 17.7 Å². The van der Waals surface area contributed by atoms with Gasteiger partial charge in [-0.1, -0.05) is 53.0 Å². The molecule has 0 aromatic heterocycles. The first kappa shape index (κ1) is 15.4. The van der Waals surface area contributed by atoms with E-state index < -0.39 is 0 Å². The second kappa shape index (κ2) is 7.03. The highest BCUT2D eigenvalue weighted by Crippen LogP contribution is 2.30. The fraction of sp³-hybridized carbons (Fsp3) is 0.308.